The van der Waals surface area contributed by atoms with Crippen LogP contribution in [-0.2, 0) is 17.8 Å². The molecule has 2 aromatic rings. The van der Waals surface area contributed by atoms with Crippen LogP contribution in [0.5, 0.6) is 0 Å². The zero-order valence-corrected chi connectivity index (χ0v) is 15.1. The van der Waals surface area contributed by atoms with E-state index in [1.165, 1.54) is 5.56 Å². The summed E-state index contributed by atoms with van der Waals surface area (Å²) in [5.74, 6) is 0.473. The number of nitrogens with zero attached hydrogens (tertiary/aromatic N) is 3. The summed E-state index contributed by atoms with van der Waals surface area (Å²) in [4.78, 5) is 18.4. The predicted molar refractivity (Wildman–Crippen MR) is 96.5 cm³/mol. The third kappa shape index (κ3) is 4.11. The van der Waals surface area contributed by atoms with Crippen LogP contribution in [0.15, 0.2) is 30.3 Å². The number of aliphatic hydroxyl groups is 1. The van der Waals surface area contributed by atoms with Crippen LogP contribution in [0.2, 0.25) is 0 Å². The van der Waals surface area contributed by atoms with Gasteiger partial charge in [0.1, 0.15) is 11.2 Å². The van der Waals surface area contributed by atoms with Gasteiger partial charge in [-0.25, -0.2) is 4.98 Å². The van der Waals surface area contributed by atoms with Crippen molar-refractivity contribution >= 4 is 5.97 Å². The second-order valence-electron chi connectivity index (χ2n) is 7.15. The molecule has 1 saturated heterocycles. The van der Waals surface area contributed by atoms with Crippen molar-refractivity contribution in [2.45, 2.75) is 45.3 Å². The Morgan fingerprint density at radius 2 is 2.15 bits per heavy atom. The first-order chi connectivity index (χ1) is 12.5. The molecule has 26 heavy (non-hydrogen) atoms. The molecule has 0 saturated carbocycles. The van der Waals surface area contributed by atoms with Crippen molar-refractivity contribution in [2.75, 3.05) is 13.1 Å². The van der Waals surface area contributed by atoms with Crippen molar-refractivity contribution in [1.82, 2.24) is 20.1 Å². The molecule has 0 unspecified atom stereocenters. The first kappa shape index (κ1) is 18.5. The summed E-state index contributed by atoms with van der Waals surface area (Å²) in [5.41, 5.74) is 0.0460. The van der Waals surface area contributed by atoms with Gasteiger partial charge in [0.2, 0.25) is 0 Å². The van der Waals surface area contributed by atoms with Crippen molar-refractivity contribution in [2.24, 2.45) is 5.41 Å². The molecule has 2 atom stereocenters. The lowest BCUT2D eigenvalue weighted by Crippen LogP contribution is -2.55. The van der Waals surface area contributed by atoms with Gasteiger partial charge in [-0.3, -0.25) is 14.8 Å². The number of aromatic amines is 1. The summed E-state index contributed by atoms with van der Waals surface area (Å²) in [7, 11) is 0. The highest BCUT2D eigenvalue weighted by atomic mass is 16.4. The number of hydrogen-bond donors (Lipinski definition) is 3. The average Bonchev–Trinajstić information content (AvgIpc) is 3.03. The maximum atomic E-state index is 12.1. The lowest BCUT2D eigenvalue weighted by atomic mass is 9.73. The van der Waals surface area contributed by atoms with Gasteiger partial charge >= 0.3 is 5.97 Å². The van der Waals surface area contributed by atoms with Crippen LogP contribution in [0.3, 0.4) is 0 Å². The molecular formula is C19H26N4O3. The smallest absolute Gasteiger partial charge is 0.313 e. The number of rotatable bonds is 7. The number of carboxylic acid groups (broad SMARTS) is 1. The Morgan fingerprint density at radius 3 is 2.81 bits per heavy atom. The van der Waals surface area contributed by atoms with Crippen LogP contribution in [0.1, 0.15) is 36.5 Å². The maximum absolute atomic E-state index is 12.1. The normalized spacial score (nSPS) is 23.8. The number of hydrogen-bond acceptors (Lipinski definition) is 5. The van der Waals surface area contributed by atoms with Crippen LogP contribution in [0.4, 0.5) is 0 Å². The quantitative estimate of drug-likeness (QED) is 0.697. The van der Waals surface area contributed by atoms with Crippen LogP contribution in [0.25, 0.3) is 0 Å². The summed E-state index contributed by atoms with van der Waals surface area (Å²) in [5, 5.41) is 27.4. The summed E-state index contributed by atoms with van der Waals surface area (Å²) in [6.45, 7) is 3.28. The minimum Gasteiger partial charge on any atom is -0.481 e. The van der Waals surface area contributed by atoms with Crippen molar-refractivity contribution in [3.63, 3.8) is 0 Å². The third-order valence-corrected chi connectivity index (χ3v) is 5.23. The molecule has 1 aromatic carbocycles. The minimum atomic E-state index is -1.14. The van der Waals surface area contributed by atoms with Gasteiger partial charge in [-0.15, -0.1) is 0 Å². The number of piperidine rings is 1. The lowest BCUT2D eigenvalue weighted by Gasteiger charge is -2.43. The van der Waals surface area contributed by atoms with E-state index in [0.717, 1.165) is 18.7 Å². The van der Waals surface area contributed by atoms with Crippen molar-refractivity contribution in [1.29, 1.82) is 0 Å². The highest BCUT2D eigenvalue weighted by Gasteiger charge is 2.48. The first-order valence-electron chi connectivity index (χ1n) is 9.05. The van der Waals surface area contributed by atoms with E-state index in [9.17, 15) is 15.0 Å². The molecule has 7 nitrogen and oxygen atoms in total. The lowest BCUT2D eigenvalue weighted by molar-refractivity contribution is -0.164. The summed E-state index contributed by atoms with van der Waals surface area (Å²) in [6, 6.07) is 10.0. The van der Waals surface area contributed by atoms with E-state index in [-0.39, 0.29) is 0 Å². The average molecular weight is 358 g/mol. The van der Waals surface area contributed by atoms with Gasteiger partial charge in [0.05, 0.1) is 12.6 Å². The second-order valence-corrected chi connectivity index (χ2v) is 7.15. The highest BCUT2D eigenvalue weighted by molar-refractivity contribution is 5.76. The first-order valence-corrected chi connectivity index (χ1v) is 9.05. The molecule has 0 spiro atoms. The van der Waals surface area contributed by atoms with Crippen LogP contribution >= 0.6 is 0 Å². The fraction of sp³-hybridized carbons (Fsp3) is 0.526. The number of benzene rings is 1. The highest BCUT2D eigenvalue weighted by Crippen LogP contribution is 2.36. The Morgan fingerprint density at radius 1 is 1.38 bits per heavy atom. The van der Waals surface area contributed by atoms with Crippen molar-refractivity contribution in [3.8, 4) is 0 Å². The van der Waals surface area contributed by atoms with Crippen LogP contribution in [0, 0.1) is 12.3 Å². The van der Waals surface area contributed by atoms with E-state index in [2.05, 4.69) is 15.2 Å². The van der Waals surface area contributed by atoms with Crippen molar-refractivity contribution < 1.29 is 15.0 Å². The SMILES string of the molecule is Cc1nc(CN2CC[C@H](O)[C@](CCCc3ccccc3)(C(=O)O)C2)n[nH]1. The zero-order chi connectivity index (χ0) is 18.6. The fourth-order valence-corrected chi connectivity index (χ4v) is 3.77. The summed E-state index contributed by atoms with van der Waals surface area (Å²) >= 11 is 0. The standard InChI is InChI=1S/C19H26N4O3/c1-14-20-17(22-21-14)12-23-11-9-16(24)19(13-23,18(25)26)10-5-8-15-6-3-2-4-7-15/h2-4,6-7,16,24H,5,8-13H2,1H3,(H,25,26)(H,20,21,22)/t16-,19+/m0/s1. The summed E-state index contributed by atoms with van der Waals surface area (Å²) in [6.07, 6.45) is 1.59. The summed E-state index contributed by atoms with van der Waals surface area (Å²) < 4.78 is 0. The van der Waals surface area contributed by atoms with Crippen molar-refractivity contribution in [3.05, 3.63) is 47.5 Å². The topological polar surface area (TPSA) is 102 Å². The molecule has 0 bridgehead atoms. The van der Waals surface area contributed by atoms with Gasteiger partial charge in [0.25, 0.3) is 0 Å². The number of aliphatic carboxylic acids is 1. The molecule has 0 radical (unpaired) electrons. The van der Waals surface area contributed by atoms with E-state index in [0.29, 0.717) is 38.3 Å². The molecule has 1 aromatic heterocycles. The van der Waals surface area contributed by atoms with Gasteiger partial charge in [-0.05, 0) is 38.2 Å². The minimum absolute atomic E-state index is 0.311. The number of carboxylic acids is 1. The molecule has 0 amide bonds. The number of aliphatic hydroxyl groups excluding tert-OH is 1. The van der Waals surface area contributed by atoms with Crippen LogP contribution < -0.4 is 0 Å². The Hall–Kier alpha value is -2.25. The Balaban J connectivity index is 1.67. The number of nitrogens with one attached hydrogen (secondary N) is 1. The zero-order valence-electron chi connectivity index (χ0n) is 15.1. The molecular weight excluding hydrogens is 332 g/mol. The molecule has 3 N–H and O–H groups in total. The number of aryl methyl sites for hydroxylation is 2. The molecule has 1 aliphatic rings. The van der Waals surface area contributed by atoms with E-state index in [1.807, 2.05) is 42.2 Å². The second kappa shape index (κ2) is 7.97. The van der Waals surface area contributed by atoms with Gasteiger partial charge in [-0.1, -0.05) is 30.3 Å². The fourth-order valence-electron chi connectivity index (χ4n) is 3.77. The Kier molecular flexibility index (Phi) is 5.68. The third-order valence-electron chi connectivity index (χ3n) is 5.23. The van der Waals surface area contributed by atoms with Gasteiger partial charge in [0, 0.05) is 13.1 Å². The Labute approximate surface area is 153 Å². The molecule has 140 valence electrons. The molecule has 3 rings (SSSR count). The van der Waals surface area contributed by atoms with Gasteiger partial charge < -0.3 is 10.2 Å². The largest absolute Gasteiger partial charge is 0.481 e. The Bertz CT molecular complexity index is 733. The van der Waals surface area contributed by atoms with E-state index in [4.69, 9.17) is 0 Å². The van der Waals surface area contributed by atoms with E-state index < -0.39 is 17.5 Å². The number of H-pyrrole nitrogens is 1. The van der Waals surface area contributed by atoms with E-state index in [1.54, 1.807) is 0 Å². The number of likely N-dealkylation sites (tertiary alicyclic amines) is 1. The van der Waals surface area contributed by atoms with Gasteiger partial charge in [-0.2, -0.15) is 5.10 Å². The predicted octanol–water partition coefficient (Wildman–Crippen LogP) is 1.77. The molecule has 7 heteroatoms. The molecule has 0 aliphatic carbocycles. The number of carbonyl (C=O) groups is 1. The number of aromatic nitrogens is 3. The van der Waals surface area contributed by atoms with Gasteiger partial charge in [0.15, 0.2) is 5.82 Å². The maximum Gasteiger partial charge on any atom is 0.313 e. The monoisotopic (exact) mass is 358 g/mol. The van der Waals surface area contributed by atoms with Crippen LogP contribution in [-0.4, -0.2) is 55.5 Å². The molecule has 1 aliphatic heterocycles. The molecule has 2 heterocycles. The molecule has 1 fully saturated rings. The van der Waals surface area contributed by atoms with E-state index >= 15 is 0 Å².